The lowest BCUT2D eigenvalue weighted by Crippen LogP contribution is -2.48. The minimum Gasteiger partial charge on any atom is -0.492 e. The van der Waals surface area contributed by atoms with Crippen LogP contribution in [0.5, 0.6) is 5.75 Å². The lowest BCUT2D eigenvalue weighted by atomic mass is 10.2. The van der Waals surface area contributed by atoms with E-state index >= 15 is 0 Å². The van der Waals surface area contributed by atoms with Crippen molar-refractivity contribution in [3.8, 4) is 5.75 Å². The zero-order valence-corrected chi connectivity index (χ0v) is 24.2. The predicted octanol–water partition coefficient (Wildman–Crippen LogP) is 3.91. The molecule has 5 rings (SSSR count). The molecule has 0 aliphatic carbocycles. The number of thiazole rings is 1. The number of rotatable bonds is 10. The molecule has 1 amide bonds. The summed E-state index contributed by atoms with van der Waals surface area (Å²) >= 11 is 1.44. The highest BCUT2D eigenvalue weighted by Gasteiger charge is 2.42. The number of fused-ring (bicyclic) bond motifs is 1. The number of ether oxygens (including phenoxy) is 2. The van der Waals surface area contributed by atoms with Gasteiger partial charge in [0, 0.05) is 32.7 Å². The fourth-order valence-corrected chi connectivity index (χ4v) is 7.84. The summed E-state index contributed by atoms with van der Waals surface area (Å²) in [5.41, 5.74) is 1.71. The summed E-state index contributed by atoms with van der Waals surface area (Å²) in [6.07, 6.45) is 1.87. The van der Waals surface area contributed by atoms with Gasteiger partial charge in [0.1, 0.15) is 17.3 Å². The van der Waals surface area contributed by atoms with Gasteiger partial charge in [-0.05, 0) is 57.4 Å². The molecule has 1 atom stereocenters. The highest BCUT2D eigenvalue weighted by molar-refractivity contribution is 7.89. The fraction of sp³-hybridized carbons (Fsp3) is 0.500. The average molecular weight is 573 g/mol. The number of carbonyl (C=O) groups is 1. The number of morpholine rings is 1. The summed E-state index contributed by atoms with van der Waals surface area (Å²) < 4.78 is 40.8. The number of carbonyl (C=O) groups excluding carboxylic acids is 1. The van der Waals surface area contributed by atoms with E-state index in [0.717, 1.165) is 41.8 Å². The second-order valence-corrected chi connectivity index (χ2v) is 12.8. The molecule has 2 fully saturated rings. The second kappa shape index (κ2) is 12.3. The predicted molar refractivity (Wildman–Crippen MR) is 153 cm³/mol. The second-order valence-electron chi connectivity index (χ2n) is 9.92. The first-order valence-corrected chi connectivity index (χ1v) is 15.9. The molecule has 9 nitrogen and oxygen atoms in total. The topological polar surface area (TPSA) is 92.3 Å². The Morgan fingerprint density at radius 2 is 1.92 bits per heavy atom. The van der Waals surface area contributed by atoms with Gasteiger partial charge in [-0.1, -0.05) is 35.1 Å². The van der Waals surface area contributed by atoms with Gasteiger partial charge in [0.25, 0.3) is 0 Å². The van der Waals surface area contributed by atoms with Gasteiger partial charge in [-0.25, -0.2) is 13.4 Å². The van der Waals surface area contributed by atoms with Crippen molar-refractivity contribution in [2.24, 2.45) is 0 Å². The minimum atomic E-state index is -3.81. The van der Waals surface area contributed by atoms with Gasteiger partial charge in [0.2, 0.25) is 15.9 Å². The summed E-state index contributed by atoms with van der Waals surface area (Å²) in [4.78, 5) is 23.3. The van der Waals surface area contributed by atoms with Crippen molar-refractivity contribution >= 4 is 42.6 Å². The van der Waals surface area contributed by atoms with E-state index in [1.54, 1.807) is 29.2 Å². The number of hydrogen-bond donors (Lipinski definition) is 0. The van der Waals surface area contributed by atoms with Crippen molar-refractivity contribution < 1.29 is 22.7 Å². The largest absolute Gasteiger partial charge is 0.492 e. The van der Waals surface area contributed by atoms with E-state index in [-0.39, 0.29) is 10.8 Å². The SMILES string of the molecule is CCOc1cccc2sc(N(CCCN3CCOCC3)C(=O)C3CCCN3S(=O)(=O)c3ccc(C)cc3)nc12. The number of amides is 1. The first-order chi connectivity index (χ1) is 18.9. The van der Waals surface area contributed by atoms with E-state index in [2.05, 4.69) is 4.90 Å². The maximum atomic E-state index is 14.2. The zero-order chi connectivity index (χ0) is 27.4. The lowest BCUT2D eigenvalue weighted by molar-refractivity contribution is -0.121. The number of aromatic nitrogens is 1. The Kier molecular flexibility index (Phi) is 8.82. The van der Waals surface area contributed by atoms with Crippen molar-refractivity contribution in [1.82, 2.24) is 14.2 Å². The molecular formula is C28H36N4O5S2. The summed E-state index contributed by atoms with van der Waals surface area (Å²) in [6, 6.07) is 11.8. The number of hydrogen-bond acceptors (Lipinski definition) is 8. The maximum Gasteiger partial charge on any atom is 0.247 e. The molecule has 0 saturated carbocycles. The zero-order valence-electron chi connectivity index (χ0n) is 22.5. The van der Waals surface area contributed by atoms with Crippen LogP contribution in [-0.4, -0.2) is 87.1 Å². The average Bonchev–Trinajstić information content (AvgIpc) is 3.61. The van der Waals surface area contributed by atoms with E-state index in [9.17, 15) is 13.2 Å². The number of anilines is 1. The van der Waals surface area contributed by atoms with Crippen molar-refractivity contribution in [2.45, 2.75) is 44.0 Å². The normalized spacial score (nSPS) is 19.0. The van der Waals surface area contributed by atoms with Crippen LogP contribution in [0.15, 0.2) is 47.4 Å². The number of para-hydroxylation sites is 1. The van der Waals surface area contributed by atoms with Crippen molar-refractivity contribution in [2.75, 3.05) is 57.4 Å². The van der Waals surface area contributed by atoms with Crippen LogP contribution in [0.1, 0.15) is 31.7 Å². The third-order valence-corrected chi connectivity index (χ3v) is 10.2. The Morgan fingerprint density at radius 1 is 1.15 bits per heavy atom. The Morgan fingerprint density at radius 3 is 2.67 bits per heavy atom. The number of benzene rings is 2. The number of aryl methyl sites for hydroxylation is 1. The summed E-state index contributed by atoms with van der Waals surface area (Å²) in [5, 5.41) is 0.573. The molecule has 0 spiro atoms. The monoisotopic (exact) mass is 572 g/mol. The van der Waals surface area contributed by atoms with Gasteiger partial charge in [0.05, 0.1) is 29.4 Å². The highest BCUT2D eigenvalue weighted by Crippen LogP contribution is 2.36. The van der Waals surface area contributed by atoms with Crippen LogP contribution >= 0.6 is 11.3 Å². The molecule has 2 saturated heterocycles. The van der Waals surface area contributed by atoms with Gasteiger partial charge in [-0.3, -0.25) is 14.6 Å². The highest BCUT2D eigenvalue weighted by atomic mass is 32.2. The van der Waals surface area contributed by atoms with Crippen LogP contribution in [-0.2, 0) is 19.6 Å². The van der Waals surface area contributed by atoms with Crippen LogP contribution in [0.25, 0.3) is 10.2 Å². The van der Waals surface area contributed by atoms with Gasteiger partial charge in [-0.15, -0.1) is 0 Å². The maximum absolute atomic E-state index is 14.2. The van der Waals surface area contributed by atoms with E-state index in [0.29, 0.717) is 56.6 Å². The van der Waals surface area contributed by atoms with Crippen LogP contribution in [0.3, 0.4) is 0 Å². The molecule has 2 aliphatic heterocycles. The third-order valence-electron chi connectivity index (χ3n) is 7.24. The number of nitrogens with zero attached hydrogens (tertiary/aromatic N) is 4. The summed E-state index contributed by atoms with van der Waals surface area (Å²) in [6.45, 7) is 9.15. The molecule has 210 valence electrons. The van der Waals surface area contributed by atoms with E-state index in [1.165, 1.54) is 15.6 Å². The molecule has 2 aliphatic rings. The third kappa shape index (κ3) is 6.12. The first-order valence-electron chi connectivity index (χ1n) is 13.6. The Labute approximate surface area is 234 Å². The van der Waals surface area contributed by atoms with Crippen molar-refractivity contribution in [3.63, 3.8) is 0 Å². The summed E-state index contributed by atoms with van der Waals surface area (Å²) in [7, 11) is -3.81. The Balaban J connectivity index is 1.43. The van der Waals surface area contributed by atoms with Crippen LogP contribution in [0.4, 0.5) is 5.13 Å². The van der Waals surface area contributed by atoms with Gasteiger partial charge >= 0.3 is 0 Å². The van der Waals surface area contributed by atoms with Crippen molar-refractivity contribution in [1.29, 1.82) is 0 Å². The standard InChI is InChI=1S/C28H36N4O5S2/c1-3-37-24-8-4-9-25-26(24)29-28(38-25)31(15-6-14-30-17-19-36-20-18-30)27(33)23-7-5-16-32(23)39(34,35)22-12-10-21(2)11-13-22/h4,8-13,23H,3,5-7,14-20H2,1-2H3. The van der Waals surface area contributed by atoms with E-state index < -0.39 is 16.1 Å². The van der Waals surface area contributed by atoms with Gasteiger partial charge < -0.3 is 9.47 Å². The molecule has 0 N–H and O–H groups in total. The van der Waals surface area contributed by atoms with Gasteiger partial charge in [0.15, 0.2) is 5.13 Å². The van der Waals surface area contributed by atoms with E-state index in [1.807, 2.05) is 32.0 Å². The number of sulfonamides is 1. The molecule has 0 radical (unpaired) electrons. The summed E-state index contributed by atoms with van der Waals surface area (Å²) in [5.74, 6) is 0.463. The smallest absolute Gasteiger partial charge is 0.247 e. The van der Waals surface area contributed by atoms with Crippen LogP contribution in [0, 0.1) is 6.92 Å². The lowest BCUT2D eigenvalue weighted by Gasteiger charge is -2.30. The molecule has 11 heteroatoms. The molecule has 1 aromatic heterocycles. The van der Waals surface area contributed by atoms with E-state index in [4.69, 9.17) is 14.5 Å². The van der Waals surface area contributed by atoms with Gasteiger partial charge in [-0.2, -0.15) is 4.31 Å². The minimum absolute atomic E-state index is 0.216. The fourth-order valence-electron chi connectivity index (χ4n) is 5.18. The molecule has 2 aromatic carbocycles. The van der Waals surface area contributed by atoms with Crippen LogP contribution < -0.4 is 9.64 Å². The first kappa shape index (κ1) is 28.0. The molecule has 1 unspecified atom stereocenters. The molecule has 39 heavy (non-hydrogen) atoms. The Bertz CT molecular complexity index is 1390. The molecule has 3 heterocycles. The molecule has 0 bridgehead atoms. The van der Waals surface area contributed by atoms with Crippen molar-refractivity contribution in [3.05, 3.63) is 48.0 Å². The quantitative estimate of drug-likeness (QED) is 0.364. The van der Waals surface area contributed by atoms with Crippen LogP contribution in [0.2, 0.25) is 0 Å². The Hall–Kier alpha value is -2.57. The molecular weight excluding hydrogens is 536 g/mol. The molecule has 3 aromatic rings.